The third-order valence-electron chi connectivity index (χ3n) is 2.78. The Kier molecular flexibility index (Phi) is 7.35. The Labute approximate surface area is 145 Å². The lowest BCUT2D eigenvalue weighted by Crippen LogP contribution is -2.27. The van der Waals surface area contributed by atoms with Crippen molar-refractivity contribution in [3.8, 4) is 0 Å². The monoisotopic (exact) mass is 361 g/mol. The predicted molar refractivity (Wildman–Crippen MR) is 91.4 cm³/mol. The minimum Gasteiger partial charge on any atom is -0.462 e. The molecule has 1 rings (SSSR count). The van der Waals surface area contributed by atoms with Crippen LogP contribution in [0.15, 0.2) is 17.0 Å². The summed E-state index contributed by atoms with van der Waals surface area (Å²) in [7, 11) is 0. The second-order valence-corrected chi connectivity index (χ2v) is 7.30. The zero-order valence-corrected chi connectivity index (χ0v) is 15.3. The molecule has 0 fully saturated rings. The number of nitrogens with one attached hydrogen (secondary N) is 1. The van der Waals surface area contributed by atoms with Gasteiger partial charge in [-0.1, -0.05) is 25.4 Å². The standard InChI is InChI=1S/C16H21ClFNO3S/c1-8(2)15(16(21)22-9(3)4)23-14-7-13(19-10(5)20)12(18)6-11(14)17/h6-9,15H,1-5H3,(H,19,20). The molecule has 0 aromatic heterocycles. The van der Waals surface area contributed by atoms with Gasteiger partial charge in [-0.25, -0.2) is 4.39 Å². The number of carbonyl (C=O) groups is 2. The zero-order valence-electron chi connectivity index (χ0n) is 13.8. The summed E-state index contributed by atoms with van der Waals surface area (Å²) < 4.78 is 19.1. The molecule has 128 valence electrons. The van der Waals surface area contributed by atoms with Crippen LogP contribution in [0, 0.1) is 11.7 Å². The van der Waals surface area contributed by atoms with Crippen LogP contribution in [0.5, 0.6) is 0 Å². The van der Waals surface area contributed by atoms with E-state index >= 15 is 0 Å². The molecule has 1 amide bonds. The molecule has 0 radical (unpaired) electrons. The Morgan fingerprint density at radius 3 is 2.35 bits per heavy atom. The van der Waals surface area contributed by atoms with Gasteiger partial charge in [-0.05, 0) is 31.9 Å². The highest BCUT2D eigenvalue weighted by Gasteiger charge is 2.27. The molecule has 23 heavy (non-hydrogen) atoms. The minimum absolute atomic E-state index is 0.00316. The number of ether oxygens (including phenoxy) is 1. The van der Waals surface area contributed by atoms with Crippen LogP contribution in [0.2, 0.25) is 5.02 Å². The third-order valence-corrected chi connectivity index (χ3v) is 4.78. The molecule has 1 atom stereocenters. The van der Waals surface area contributed by atoms with E-state index in [1.807, 2.05) is 13.8 Å². The Morgan fingerprint density at radius 1 is 1.26 bits per heavy atom. The summed E-state index contributed by atoms with van der Waals surface area (Å²) in [5.74, 6) is -1.36. The number of hydrogen-bond acceptors (Lipinski definition) is 4. The Bertz CT molecular complexity index is 593. The lowest BCUT2D eigenvalue weighted by Gasteiger charge is -2.21. The van der Waals surface area contributed by atoms with Crippen molar-refractivity contribution >= 4 is 40.9 Å². The number of esters is 1. The van der Waals surface area contributed by atoms with Gasteiger partial charge in [-0.3, -0.25) is 9.59 Å². The first-order valence-corrected chi connectivity index (χ1v) is 8.51. The highest BCUT2D eigenvalue weighted by molar-refractivity contribution is 8.00. The lowest BCUT2D eigenvalue weighted by molar-refractivity contribution is -0.147. The Morgan fingerprint density at radius 2 is 1.87 bits per heavy atom. The second-order valence-electron chi connectivity index (χ2n) is 5.71. The number of rotatable bonds is 6. The molecule has 0 aliphatic heterocycles. The van der Waals surface area contributed by atoms with Crippen LogP contribution in [-0.4, -0.2) is 23.2 Å². The SMILES string of the molecule is CC(=O)Nc1cc(SC(C(=O)OC(C)C)C(C)C)c(Cl)cc1F. The maximum Gasteiger partial charge on any atom is 0.319 e. The van der Waals surface area contributed by atoms with E-state index < -0.39 is 11.1 Å². The van der Waals surface area contributed by atoms with Crippen LogP contribution in [-0.2, 0) is 14.3 Å². The molecule has 0 saturated heterocycles. The molecule has 0 heterocycles. The number of amides is 1. The molecule has 0 spiro atoms. The van der Waals surface area contributed by atoms with Crippen molar-refractivity contribution in [2.24, 2.45) is 5.92 Å². The molecular formula is C16H21ClFNO3S. The zero-order chi connectivity index (χ0) is 17.7. The van der Waals surface area contributed by atoms with E-state index in [9.17, 15) is 14.0 Å². The summed E-state index contributed by atoms with van der Waals surface area (Å²) in [4.78, 5) is 23.9. The van der Waals surface area contributed by atoms with Gasteiger partial charge in [0.1, 0.15) is 11.1 Å². The van der Waals surface area contributed by atoms with Gasteiger partial charge in [0.2, 0.25) is 5.91 Å². The van der Waals surface area contributed by atoms with E-state index in [2.05, 4.69) is 5.32 Å². The Hall–Kier alpha value is -1.27. The van der Waals surface area contributed by atoms with Gasteiger partial charge < -0.3 is 10.1 Å². The van der Waals surface area contributed by atoms with Crippen LogP contribution in [0.25, 0.3) is 0 Å². The van der Waals surface area contributed by atoms with Gasteiger partial charge in [-0.2, -0.15) is 0 Å². The molecule has 4 nitrogen and oxygen atoms in total. The highest BCUT2D eigenvalue weighted by Crippen LogP contribution is 2.37. The number of hydrogen-bond donors (Lipinski definition) is 1. The first-order valence-electron chi connectivity index (χ1n) is 7.25. The van der Waals surface area contributed by atoms with E-state index in [-0.39, 0.29) is 34.6 Å². The van der Waals surface area contributed by atoms with Crippen LogP contribution >= 0.6 is 23.4 Å². The maximum absolute atomic E-state index is 13.8. The van der Waals surface area contributed by atoms with Gasteiger partial charge in [0.25, 0.3) is 0 Å². The molecule has 0 aliphatic rings. The summed E-state index contributed by atoms with van der Waals surface area (Å²) in [5, 5.41) is 2.11. The summed E-state index contributed by atoms with van der Waals surface area (Å²) in [5.41, 5.74) is 0.0316. The normalized spacial score (nSPS) is 12.4. The number of halogens is 2. The predicted octanol–water partition coefficient (Wildman–Crippen LogP) is 4.51. The van der Waals surface area contributed by atoms with Gasteiger partial charge in [0, 0.05) is 11.8 Å². The van der Waals surface area contributed by atoms with Gasteiger partial charge in [0.15, 0.2) is 0 Å². The van der Waals surface area contributed by atoms with E-state index in [1.165, 1.54) is 24.8 Å². The fraction of sp³-hybridized carbons (Fsp3) is 0.500. The summed E-state index contributed by atoms with van der Waals surface area (Å²) in [6.45, 7) is 8.63. The first kappa shape index (κ1) is 19.8. The molecule has 0 aliphatic carbocycles. The molecular weight excluding hydrogens is 341 g/mol. The van der Waals surface area contributed by atoms with Gasteiger partial charge in [-0.15, -0.1) is 11.8 Å². The smallest absolute Gasteiger partial charge is 0.319 e. The summed E-state index contributed by atoms with van der Waals surface area (Å²) in [6, 6.07) is 2.56. The van der Waals surface area contributed by atoms with Crippen LogP contribution in [0.3, 0.4) is 0 Å². The van der Waals surface area contributed by atoms with Crippen molar-refractivity contribution in [3.05, 3.63) is 23.0 Å². The van der Waals surface area contributed by atoms with Crippen LogP contribution in [0.1, 0.15) is 34.6 Å². The molecule has 7 heteroatoms. The molecule has 0 saturated carbocycles. The summed E-state index contributed by atoms with van der Waals surface area (Å²) in [6.07, 6.45) is -0.219. The van der Waals surface area contributed by atoms with E-state index in [0.29, 0.717) is 4.90 Å². The largest absolute Gasteiger partial charge is 0.462 e. The van der Waals surface area contributed by atoms with Crippen molar-refractivity contribution in [2.75, 3.05) is 5.32 Å². The maximum atomic E-state index is 13.8. The topological polar surface area (TPSA) is 55.4 Å². The van der Waals surface area contributed by atoms with Crippen molar-refractivity contribution in [1.29, 1.82) is 0 Å². The fourth-order valence-electron chi connectivity index (χ4n) is 1.80. The average Bonchev–Trinajstić information content (AvgIpc) is 2.38. The highest BCUT2D eigenvalue weighted by atomic mass is 35.5. The third kappa shape index (κ3) is 6.03. The molecule has 1 N–H and O–H groups in total. The van der Waals surface area contributed by atoms with Crippen LogP contribution in [0.4, 0.5) is 10.1 Å². The molecule has 1 unspecified atom stereocenters. The van der Waals surface area contributed by atoms with Crippen LogP contribution < -0.4 is 5.32 Å². The van der Waals surface area contributed by atoms with Gasteiger partial charge in [0.05, 0.1) is 16.8 Å². The molecule has 0 bridgehead atoms. The minimum atomic E-state index is -0.625. The van der Waals surface area contributed by atoms with Gasteiger partial charge >= 0.3 is 5.97 Å². The Balaban J connectivity index is 3.08. The number of benzene rings is 1. The fourth-order valence-corrected chi connectivity index (χ4v) is 3.14. The van der Waals surface area contributed by atoms with E-state index in [4.69, 9.17) is 16.3 Å². The quantitative estimate of drug-likeness (QED) is 0.598. The second kappa shape index (κ2) is 8.55. The molecule has 1 aromatic rings. The van der Waals surface area contributed by atoms with Crippen molar-refractivity contribution in [1.82, 2.24) is 0 Å². The van der Waals surface area contributed by atoms with E-state index in [1.54, 1.807) is 13.8 Å². The summed E-state index contributed by atoms with van der Waals surface area (Å²) >= 11 is 7.27. The van der Waals surface area contributed by atoms with Crippen molar-refractivity contribution in [3.63, 3.8) is 0 Å². The first-order chi connectivity index (χ1) is 10.6. The lowest BCUT2D eigenvalue weighted by atomic mass is 10.1. The molecule has 1 aromatic carbocycles. The number of carbonyl (C=O) groups excluding carboxylic acids is 2. The number of thioether (sulfide) groups is 1. The van der Waals surface area contributed by atoms with Crippen molar-refractivity contribution in [2.45, 2.75) is 50.9 Å². The average molecular weight is 362 g/mol. The van der Waals surface area contributed by atoms with Crippen molar-refractivity contribution < 1.29 is 18.7 Å². The number of anilines is 1. The van der Waals surface area contributed by atoms with E-state index in [0.717, 1.165) is 6.07 Å².